The Bertz CT molecular complexity index is 5580. The molecule has 2 fully saturated rings. The first-order valence-corrected chi connectivity index (χ1v) is 38.1. The van der Waals surface area contributed by atoms with E-state index in [1.54, 1.807) is 72.3 Å². The standard InChI is InChI=1S/C28H33N9O2.C27H29N9O2.C26H26N8O3/c1-35(2)14-15-36(3)26(39)19-9-6-10-21(16-19)32-28-34-27-31-23-12-7-11-22(17-23)30-24(38)13-5-4-8-20-18-29-37(28)25(20)33-27;1-35-15-22(16-35)30-25(38)17-7-4-8-19(12-17)32-27-34-26-31-21-10-5-9-20(13-21)29-23(37)11-3-2-6-18-14-28-36(27)24(18)33-26;35-21-14-33(15-21)24(37)16-6-3-7-18(11-16)30-26-32-25-29-20-9-4-8-19(12-20)28-22(36)10-2-1-5-17-13-27-34(26)23(17)31-25/h6-7,9-12,16-18H,4-5,8,13-15H2,1-3H3,(H,30,38)(H2,31,32,33,34);4-5,7-10,12-14,22H,2-3,6,11,15-16H2,1H3,(H,29,37)(H,30,38)(H2,31,32,33,34);3-4,6-9,11-13,21,35H,1-2,5,10,14-15H2,(H,28,36)(H2,29,30,31,32). The highest BCUT2D eigenvalue weighted by molar-refractivity contribution is 5.98. The second kappa shape index (κ2) is 34.4. The molecule has 11 N–H and O–H groups in total. The van der Waals surface area contributed by atoms with Crippen LogP contribution in [0.25, 0.3) is 16.9 Å². The number of fused-ring (bicyclic) bond motifs is 9. The van der Waals surface area contributed by atoms with Crippen LogP contribution in [0.3, 0.4) is 0 Å². The van der Waals surface area contributed by atoms with E-state index in [0.717, 1.165) is 111 Å². The van der Waals surface area contributed by atoms with Gasteiger partial charge in [0.05, 0.1) is 30.7 Å². The number of aryl methyl sites for hydroxylation is 3. The molecular weight excluding hydrogens is 1450 g/mol. The van der Waals surface area contributed by atoms with E-state index in [1.165, 1.54) is 0 Å². The van der Waals surface area contributed by atoms with Gasteiger partial charge in [-0.2, -0.15) is 58.7 Å². The summed E-state index contributed by atoms with van der Waals surface area (Å²) in [6.45, 7) is 3.82. The van der Waals surface area contributed by atoms with Crippen LogP contribution in [0.1, 0.15) is 106 Å². The van der Waals surface area contributed by atoms with Gasteiger partial charge in [0.1, 0.15) is 0 Å². The molecule has 584 valence electrons. The zero-order chi connectivity index (χ0) is 78.8. The number of aromatic nitrogens is 12. The third-order valence-electron chi connectivity index (χ3n) is 19.7. The number of likely N-dealkylation sites (tertiary alicyclic amines) is 2. The van der Waals surface area contributed by atoms with Crippen molar-refractivity contribution < 1.29 is 33.9 Å². The van der Waals surface area contributed by atoms with E-state index in [0.29, 0.717) is 142 Å². The van der Waals surface area contributed by atoms with E-state index in [9.17, 15) is 33.9 Å². The molecule has 0 unspecified atom stereocenters. The van der Waals surface area contributed by atoms with E-state index in [-0.39, 0.29) is 41.5 Å². The monoisotopic (exact) mass is 1540 g/mol. The summed E-state index contributed by atoms with van der Waals surface area (Å²) in [6.07, 6.45) is 13.2. The van der Waals surface area contributed by atoms with Crippen LogP contribution < -0.4 is 53.2 Å². The van der Waals surface area contributed by atoms with E-state index >= 15 is 0 Å². The molecule has 6 aromatic carbocycles. The smallest absolute Gasteiger partial charge is 0.254 e. The predicted octanol–water partition coefficient (Wildman–Crippen LogP) is 10.3. The highest BCUT2D eigenvalue weighted by Gasteiger charge is 2.30. The number of β-amino-alcohol motifs (C(OH)–C–C–N with tert-alkyl or cyclic N) is 1. The van der Waals surface area contributed by atoms with Crippen LogP contribution in [0.5, 0.6) is 0 Å². The summed E-state index contributed by atoms with van der Waals surface area (Å²) < 4.78 is 5.00. The average molecular weight is 1540 g/mol. The number of aliphatic hydroxyl groups excluding tert-OH is 1. The van der Waals surface area contributed by atoms with Crippen LogP contribution in [-0.4, -0.2) is 199 Å². The Kier molecular flexibility index (Phi) is 22.9. The summed E-state index contributed by atoms with van der Waals surface area (Å²) in [5.41, 5.74) is 13.1. The Hall–Kier alpha value is -13.5. The normalized spacial score (nSPS) is 15.3. The number of anilines is 15. The molecule has 5 aliphatic rings. The van der Waals surface area contributed by atoms with Crippen molar-refractivity contribution in [1.29, 1.82) is 0 Å². The van der Waals surface area contributed by atoms with Crippen molar-refractivity contribution in [2.24, 2.45) is 0 Å². The Labute approximate surface area is 655 Å². The number of nitrogens with zero attached hydrogens (tertiary/aromatic N) is 16. The van der Waals surface area contributed by atoms with Gasteiger partial charge >= 0.3 is 0 Å². The minimum Gasteiger partial charge on any atom is -0.389 e. The van der Waals surface area contributed by atoms with E-state index in [2.05, 4.69) is 78.3 Å². The molecule has 33 heteroatoms. The van der Waals surface area contributed by atoms with Crippen LogP contribution in [0.15, 0.2) is 164 Å². The van der Waals surface area contributed by atoms with Gasteiger partial charge in [-0.1, -0.05) is 36.4 Å². The third kappa shape index (κ3) is 18.7. The molecule has 0 radical (unpaired) electrons. The maximum absolute atomic E-state index is 13.0. The topological polar surface area (TPSA) is 385 Å². The second-order valence-corrected chi connectivity index (χ2v) is 29.1. The summed E-state index contributed by atoms with van der Waals surface area (Å²) in [6, 6.07) is 44.4. The lowest BCUT2D eigenvalue weighted by Gasteiger charge is -2.36. The fourth-order valence-electron chi connectivity index (χ4n) is 13.7. The number of hydrogen-bond donors (Lipinski definition) is 11. The minimum atomic E-state index is -0.453. The first kappa shape index (κ1) is 75.9. The molecule has 114 heavy (non-hydrogen) atoms. The molecule has 0 spiro atoms. The number of amides is 6. The van der Waals surface area contributed by atoms with Crippen molar-refractivity contribution in [2.75, 3.05) is 115 Å². The fourth-order valence-corrected chi connectivity index (χ4v) is 13.7. The summed E-state index contributed by atoms with van der Waals surface area (Å²) in [4.78, 5) is 111. The molecule has 2 saturated heterocycles. The average Bonchev–Trinajstić information content (AvgIpc) is 1.61. The van der Waals surface area contributed by atoms with Gasteiger partial charge in [-0.05, 0) is 188 Å². The molecule has 12 aromatic rings. The largest absolute Gasteiger partial charge is 0.389 e. The second-order valence-electron chi connectivity index (χ2n) is 29.1. The molecule has 11 heterocycles. The molecule has 0 saturated carbocycles. The van der Waals surface area contributed by atoms with Crippen molar-refractivity contribution in [3.05, 3.63) is 198 Å². The lowest BCUT2D eigenvalue weighted by Crippen LogP contribution is -2.57. The minimum absolute atomic E-state index is 0.00319. The van der Waals surface area contributed by atoms with Crippen LogP contribution >= 0.6 is 0 Å². The van der Waals surface area contributed by atoms with Crippen LogP contribution in [0.4, 0.5) is 86.9 Å². The van der Waals surface area contributed by atoms with Crippen molar-refractivity contribution in [2.45, 2.75) is 89.2 Å². The van der Waals surface area contributed by atoms with Gasteiger partial charge in [-0.15, -0.1) is 0 Å². The molecule has 0 aliphatic carbocycles. The molecule has 6 aromatic heterocycles. The summed E-state index contributed by atoms with van der Waals surface area (Å²) in [5.74, 6) is 2.25. The summed E-state index contributed by atoms with van der Waals surface area (Å²) in [7, 11) is 7.81. The molecule has 5 aliphatic heterocycles. The fraction of sp³-hybridized carbons (Fsp3) is 0.296. The van der Waals surface area contributed by atoms with Crippen LogP contribution in [-0.2, 0) is 33.6 Å². The maximum atomic E-state index is 13.0. The number of nitrogens with one attached hydrogen (secondary N) is 10. The quantitative estimate of drug-likeness (QED) is 0.0511. The van der Waals surface area contributed by atoms with E-state index < -0.39 is 6.10 Å². The Balaban J connectivity index is 0.000000135. The highest BCUT2D eigenvalue weighted by Crippen LogP contribution is 2.31. The van der Waals surface area contributed by atoms with Gasteiger partial charge in [-0.3, -0.25) is 28.8 Å². The van der Waals surface area contributed by atoms with Crippen molar-refractivity contribution in [1.82, 2.24) is 83.7 Å². The van der Waals surface area contributed by atoms with Gasteiger partial charge < -0.3 is 77.9 Å². The lowest BCUT2D eigenvalue weighted by molar-refractivity contribution is -0.117. The van der Waals surface area contributed by atoms with Gasteiger partial charge in [0.25, 0.3) is 17.7 Å². The Morgan fingerprint density at radius 1 is 0.439 bits per heavy atom. The number of rotatable bonds is 13. The zero-order valence-corrected chi connectivity index (χ0v) is 63.5. The summed E-state index contributed by atoms with van der Waals surface area (Å²) >= 11 is 0. The van der Waals surface area contributed by atoms with Gasteiger partial charge in [0.2, 0.25) is 53.4 Å². The SMILES string of the molecule is CN(C)CCN(C)C(=O)c1cccc(Nc2nc3nc4c(cnn24)CCCCC(=O)Nc2cccc(c2)N3)c1.CN1CC(NC(=O)c2cccc(Nc3nc4nc5c(cnn35)CCCCC(=O)Nc3cccc(c3)N4)c2)C1.O=C1CCCCc2cnn3c(Nc4cccc(C(=O)N5CC(O)C5)c4)nc(nc23)Nc2cccc(c2)N1. The Morgan fingerprint density at radius 2 is 0.798 bits per heavy atom. The van der Waals surface area contributed by atoms with E-state index in [4.69, 9.17) is 24.9 Å². The number of aliphatic hydroxyl groups is 1. The van der Waals surface area contributed by atoms with Crippen molar-refractivity contribution in [3.63, 3.8) is 0 Å². The highest BCUT2D eigenvalue weighted by atomic mass is 16.3. The van der Waals surface area contributed by atoms with Gasteiger partial charge in [-0.25, -0.2) is 0 Å². The number of hydrogen-bond acceptors (Lipinski definition) is 24. The number of likely N-dealkylation sites (N-methyl/N-ethyl adjacent to an activating group) is 3. The molecule has 33 nitrogen and oxygen atoms in total. The molecule has 17 rings (SSSR count). The number of carbonyl (C=O) groups is 6. The van der Waals surface area contributed by atoms with Crippen LogP contribution in [0, 0.1) is 0 Å². The number of benzene rings is 6. The van der Waals surface area contributed by atoms with Crippen molar-refractivity contribution in [3.8, 4) is 0 Å². The molecule has 12 bridgehead atoms. The zero-order valence-electron chi connectivity index (χ0n) is 63.5. The molecular formula is C81H88N26O7. The first-order chi connectivity index (χ1) is 55.4. The van der Waals surface area contributed by atoms with Gasteiger partial charge in [0.15, 0.2) is 16.9 Å². The van der Waals surface area contributed by atoms with Gasteiger partial charge in [0, 0.05) is 150 Å². The maximum Gasteiger partial charge on any atom is 0.254 e. The number of carbonyl (C=O) groups excluding carboxylic acids is 6. The van der Waals surface area contributed by atoms with Crippen molar-refractivity contribution >= 4 is 139 Å². The van der Waals surface area contributed by atoms with E-state index in [1.807, 2.05) is 148 Å². The van der Waals surface area contributed by atoms with Crippen LogP contribution in [0.2, 0.25) is 0 Å². The Morgan fingerprint density at radius 3 is 1.19 bits per heavy atom. The lowest BCUT2D eigenvalue weighted by atomic mass is 10.1. The summed E-state index contributed by atoms with van der Waals surface area (Å²) in [5, 5.41) is 54.8. The third-order valence-corrected chi connectivity index (χ3v) is 19.7. The first-order valence-electron chi connectivity index (χ1n) is 38.1. The molecule has 0 atom stereocenters. The molecule has 6 amide bonds. The predicted molar refractivity (Wildman–Crippen MR) is 435 cm³/mol.